The lowest BCUT2D eigenvalue weighted by Crippen LogP contribution is -2.43. The monoisotopic (exact) mass is 291 g/mol. The summed E-state index contributed by atoms with van der Waals surface area (Å²) in [5.74, 6) is 5.93. The normalized spacial score (nSPS) is 16.7. The van der Waals surface area contributed by atoms with Gasteiger partial charge in [-0.3, -0.25) is 4.79 Å². The zero-order valence-electron chi connectivity index (χ0n) is 12.9. The van der Waals surface area contributed by atoms with Crippen LogP contribution in [0.4, 0.5) is 5.82 Å². The first-order chi connectivity index (χ1) is 10.1. The largest absolute Gasteiger partial charge is 0.349 e. The van der Waals surface area contributed by atoms with E-state index in [1.807, 2.05) is 6.07 Å². The molecule has 1 aliphatic rings. The van der Waals surface area contributed by atoms with Crippen LogP contribution in [0.15, 0.2) is 12.1 Å². The Morgan fingerprint density at radius 3 is 2.76 bits per heavy atom. The molecule has 6 heteroatoms. The van der Waals surface area contributed by atoms with Crippen LogP contribution < -0.4 is 16.6 Å². The van der Waals surface area contributed by atoms with Gasteiger partial charge in [-0.05, 0) is 51.5 Å². The summed E-state index contributed by atoms with van der Waals surface area (Å²) >= 11 is 0. The van der Waals surface area contributed by atoms with Crippen LogP contribution in [0.2, 0.25) is 0 Å². The molecule has 0 bridgehead atoms. The smallest absolute Gasteiger partial charge is 0.251 e. The lowest BCUT2D eigenvalue weighted by Gasteiger charge is -2.29. The molecule has 21 heavy (non-hydrogen) atoms. The highest BCUT2D eigenvalue weighted by Crippen LogP contribution is 2.13. The van der Waals surface area contributed by atoms with Crippen molar-refractivity contribution in [1.82, 2.24) is 15.2 Å². The summed E-state index contributed by atoms with van der Waals surface area (Å²) in [4.78, 5) is 19.0. The number of hydrogen-bond acceptors (Lipinski definition) is 5. The molecular weight excluding hydrogens is 266 g/mol. The van der Waals surface area contributed by atoms with E-state index in [0.717, 1.165) is 44.5 Å². The molecule has 1 saturated heterocycles. The van der Waals surface area contributed by atoms with E-state index in [-0.39, 0.29) is 11.9 Å². The number of nitrogen functional groups attached to an aromatic ring is 1. The maximum Gasteiger partial charge on any atom is 0.251 e. The lowest BCUT2D eigenvalue weighted by atomic mass is 10.0. The van der Waals surface area contributed by atoms with E-state index in [9.17, 15) is 4.79 Å². The number of anilines is 1. The van der Waals surface area contributed by atoms with Crippen molar-refractivity contribution in [1.29, 1.82) is 0 Å². The van der Waals surface area contributed by atoms with E-state index < -0.39 is 0 Å². The molecule has 1 amide bonds. The first kappa shape index (κ1) is 15.7. The molecule has 4 N–H and O–H groups in total. The van der Waals surface area contributed by atoms with Crippen LogP contribution in [0.25, 0.3) is 0 Å². The van der Waals surface area contributed by atoms with Crippen molar-refractivity contribution in [3.05, 3.63) is 23.4 Å². The number of carbonyl (C=O) groups excluding carboxylic acids is 1. The van der Waals surface area contributed by atoms with Gasteiger partial charge in [-0.2, -0.15) is 0 Å². The number of carbonyl (C=O) groups is 1. The van der Waals surface area contributed by atoms with Crippen molar-refractivity contribution in [2.75, 3.05) is 25.6 Å². The fourth-order valence-electron chi connectivity index (χ4n) is 2.60. The van der Waals surface area contributed by atoms with Gasteiger partial charge in [0.1, 0.15) is 5.82 Å². The van der Waals surface area contributed by atoms with Gasteiger partial charge in [-0.15, -0.1) is 0 Å². The van der Waals surface area contributed by atoms with E-state index in [2.05, 4.69) is 34.6 Å². The number of rotatable bonds is 5. The summed E-state index contributed by atoms with van der Waals surface area (Å²) in [5, 5.41) is 3.11. The summed E-state index contributed by atoms with van der Waals surface area (Å²) in [7, 11) is 2.11. The molecule has 0 radical (unpaired) electrons. The zero-order chi connectivity index (χ0) is 15.2. The van der Waals surface area contributed by atoms with Crippen molar-refractivity contribution in [3.8, 4) is 0 Å². The van der Waals surface area contributed by atoms with Gasteiger partial charge in [-0.25, -0.2) is 10.8 Å². The molecule has 6 nitrogen and oxygen atoms in total. The molecule has 1 fully saturated rings. The maximum absolute atomic E-state index is 12.4. The SMILES string of the molecule is CCCc1cc(C(=O)NC2CCN(C)CC2)cc(NN)n1. The Morgan fingerprint density at radius 1 is 1.43 bits per heavy atom. The van der Waals surface area contributed by atoms with E-state index in [4.69, 9.17) is 5.84 Å². The Hall–Kier alpha value is -1.66. The number of aromatic nitrogens is 1. The van der Waals surface area contributed by atoms with E-state index in [1.165, 1.54) is 0 Å². The molecular formula is C15H25N5O. The predicted molar refractivity (Wildman–Crippen MR) is 84.0 cm³/mol. The van der Waals surface area contributed by atoms with E-state index >= 15 is 0 Å². The highest BCUT2D eigenvalue weighted by Gasteiger charge is 2.19. The number of pyridine rings is 1. The second kappa shape index (κ2) is 7.38. The first-order valence-electron chi connectivity index (χ1n) is 7.59. The molecule has 0 saturated carbocycles. The number of nitrogens with two attached hydrogens (primary N) is 1. The van der Waals surface area contributed by atoms with Crippen LogP contribution in [0, 0.1) is 0 Å². The number of nitrogens with one attached hydrogen (secondary N) is 2. The minimum Gasteiger partial charge on any atom is -0.349 e. The number of nitrogens with zero attached hydrogens (tertiary/aromatic N) is 2. The number of piperidine rings is 1. The lowest BCUT2D eigenvalue weighted by molar-refractivity contribution is 0.0916. The van der Waals surface area contributed by atoms with Crippen molar-refractivity contribution in [3.63, 3.8) is 0 Å². The molecule has 116 valence electrons. The number of hydrazine groups is 1. The zero-order valence-corrected chi connectivity index (χ0v) is 12.9. The Bertz CT molecular complexity index is 483. The third-order valence-corrected chi connectivity index (χ3v) is 3.85. The number of likely N-dealkylation sites (tertiary alicyclic amines) is 1. The van der Waals surface area contributed by atoms with Gasteiger partial charge < -0.3 is 15.6 Å². The van der Waals surface area contributed by atoms with Crippen LogP contribution in [-0.4, -0.2) is 42.0 Å². The van der Waals surface area contributed by atoms with Gasteiger partial charge in [0.25, 0.3) is 5.91 Å². The Morgan fingerprint density at radius 2 is 2.14 bits per heavy atom. The Kier molecular flexibility index (Phi) is 5.52. The summed E-state index contributed by atoms with van der Waals surface area (Å²) in [6.45, 7) is 4.14. The van der Waals surface area contributed by atoms with Gasteiger partial charge in [0, 0.05) is 17.3 Å². The minimum absolute atomic E-state index is 0.0409. The van der Waals surface area contributed by atoms with Crippen molar-refractivity contribution in [2.45, 2.75) is 38.6 Å². The molecule has 1 aliphatic heterocycles. The number of hydrogen-bond donors (Lipinski definition) is 3. The maximum atomic E-state index is 12.4. The van der Waals surface area contributed by atoms with E-state index in [0.29, 0.717) is 11.4 Å². The summed E-state index contributed by atoms with van der Waals surface area (Å²) in [6.07, 6.45) is 3.81. The molecule has 2 rings (SSSR count). The molecule has 0 atom stereocenters. The highest BCUT2D eigenvalue weighted by molar-refractivity contribution is 5.95. The van der Waals surface area contributed by atoms with Crippen LogP contribution in [0.3, 0.4) is 0 Å². The van der Waals surface area contributed by atoms with Crippen LogP contribution in [0.5, 0.6) is 0 Å². The molecule has 1 aromatic rings. The number of amides is 1. The third kappa shape index (κ3) is 4.41. The molecule has 0 aromatic carbocycles. The summed E-state index contributed by atoms with van der Waals surface area (Å²) in [5.41, 5.74) is 4.05. The molecule has 0 spiro atoms. The van der Waals surface area contributed by atoms with Crippen molar-refractivity contribution in [2.24, 2.45) is 5.84 Å². The van der Waals surface area contributed by atoms with Crippen LogP contribution in [0.1, 0.15) is 42.2 Å². The van der Waals surface area contributed by atoms with Gasteiger partial charge in [-0.1, -0.05) is 13.3 Å². The van der Waals surface area contributed by atoms with Gasteiger partial charge in [0.2, 0.25) is 0 Å². The quantitative estimate of drug-likeness (QED) is 0.560. The summed E-state index contributed by atoms with van der Waals surface area (Å²) < 4.78 is 0. The molecule has 2 heterocycles. The molecule has 1 aromatic heterocycles. The minimum atomic E-state index is -0.0409. The Labute approximate surface area is 126 Å². The Balaban J connectivity index is 2.05. The van der Waals surface area contributed by atoms with Gasteiger partial charge >= 0.3 is 0 Å². The number of aryl methyl sites for hydroxylation is 1. The topological polar surface area (TPSA) is 83.3 Å². The second-order valence-corrected chi connectivity index (χ2v) is 5.68. The van der Waals surface area contributed by atoms with E-state index in [1.54, 1.807) is 6.07 Å². The standard InChI is InChI=1S/C15H25N5O/c1-3-4-13-9-11(10-14(17-13)19-16)15(21)18-12-5-7-20(2)8-6-12/h9-10,12H,3-8,16H2,1-2H3,(H,17,19)(H,18,21). The van der Waals surface area contributed by atoms with Crippen LogP contribution >= 0.6 is 0 Å². The van der Waals surface area contributed by atoms with Gasteiger partial charge in [0.15, 0.2) is 0 Å². The fourth-order valence-corrected chi connectivity index (χ4v) is 2.60. The predicted octanol–water partition coefficient (Wildman–Crippen LogP) is 1.14. The first-order valence-corrected chi connectivity index (χ1v) is 7.59. The second-order valence-electron chi connectivity index (χ2n) is 5.68. The van der Waals surface area contributed by atoms with Gasteiger partial charge in [0.05, 0.1) is 0 Å². The molecule has 0 unspecified atom stereocenters. The highest BCUT2D eigenvalue weighted by atomic mass is 16.1. The average molecular weight is 291 g/mol. The average Bonchev–Trinajstić information content (AvgIpc) is 2.49. The third-order valence-electron chi connectivity index (χ3n) is 3.85. The molecule has 0 aliphatic carbocycles. The van der Waals surface area contributed by atoms with Crippen molar-refractivity contribution < 1.29 is 4.79 Å². The fraction of sp³-hybridized carbons (Fsp3) is 0.600. The van der Waals surface area contributed by atoms with Crippen molar-refractivity contribution >= 4 is 11.7 Å². The summed E-state index contributed by atoms with van der Waals surface area (Å²) in [6, 6.07) is 3.81. The van der Waals surface area contributed by atoms with Crippen LogP contribution in [-0.2, 0) is 6.42 Å².